The number of nitrogens with zero attached hydrogens (tertiary/aromatic N) is 1. The molecule has 0 saturated carbocycles. The molecular weight excluding hydrogens is 220 g/mol. The number of hydrogen-bond acceptors (Lipinski definition) is 4. The van der Waals surface area contributed by atoms with Crippen molar-refractivity contribution in [3.8, 4) is 0 Å². The second-order valence-corrected chi connectivity index (χ2v) is 4.31. The van der Waals surface area contributed by atoms with E-state index >= 15 is 0 Å². The Morgan fingerprint density at radius 1 is 1.59 bits per heavy atom. The number of pyridine rings is 1. The SMILES string of the molecule is Cc1cc(C)c(C(=O)O)c(NC2CCOC2)n1. The van der Waals surface area contributed by atoms with E-state index in [-0.39, 0.29) is 11.6 Å². The molecule has 0 bridgehead atoms. The van der Waals surface area contributed by atoms with Gasteiger partial charge in [0.2, 0.25) is 0 Å². The summed E-state index contributed by atoms with van der Waals surface area (Å²) in [4.78, 5) is 15.5. The molecule has 0 spiro atoms. The molecule has 2 heterocycles. The van der Waals surface area contributed by atoms with E-state index in [1.54, 1.807) is 13.0 Å². The second kappa shape index (κ2) is 4.71. The summed E-state index contributed by atoms with van der Waals surface area (Å²) in [5.74, 6) is -0.498. The van der Waals surface area contributed by atoms with E-state index in [0.717, 1.165) is 17.7 Å². The lowest BCUT2D eigenvalue weighted by molar-refractivity contribution is 0.0696. The lowest BCUT2D eigenvalue weighted by Crippen LogP contribution is -2.22. The normalized spacial score (nSPS) is 19.3. The summed E-state index contributed by atoms with van der Waals surface area (Å²) in [5.41, 5.74) is 1.79. The molecule has 1 saturated heterocycles. The minimum Gasteiger partial charge on any atom is -0.478 e. The van der Waals surface area contributed by atoms with E-state index < -0.39 is 5.97 Å². The Morgan fingerprint density at radius 2 is 2.35 bits per heavy atom. The summed E-state index contributed by atoms with van der Waals surface area (Å²) in [6.07, 6.45) is 0.883. The van der Waals surface area contributed by atoms with Crippen LogP contribution in [0, 0.1) is 13.8 Å². The van der Waals surface area contributed by atoms with Crippen LogP contribution in [0.25, 0.3) is 0 Å². The predicted octanol–water partition coefficient (Wildman–Crippen LogP) is 1.60. The van der Waals surface area contributed by atoms with Crippen LogP contribution in [0.5, 0.6) is 0 Å². The third-order valence-corrected chi connectivity index (χ3v) is 2.83. The van der Waals surface area contributed by atoms with Gasteiger partial charge in [0, 0.05) is 12.3 Å². The van der Waals surface area contributed by atoms with Crippen LogP contribution in [0.3, 0.4) is 0 Å². The zero-order valence-corrected chi connectivity index (χ0v) is 9.99. The van der Waals surface area contributed by atoms with Crippen molar-refractivity contribution in [2.24, 2.45) is 0 Å². The second-order valence-electron chi connectivity index (χ2n) is 4.31. The van der Waals surface area contributed by atoms with Crippen molar-refractivity contribution in [2.45, 2.75) is 26.3 Å². The highest BCUT2D eigenvalue weighted by atomic mass is 16.5. The monoisotopic (exact) mass is 236 g/mol. The van der Waals surface area contributed by atoms with Crippen LogP contribution in [0.4, 0.5) is 5.82 Å². The highest BCUT2D eigenvalue weighted by Crippen LogP contribution is 2.21. The van der Waals surface area contributed by atoms with Crippen molar-refractivity contribution < 1.29 is 14.6 Å². The third-order valence-electron chi connectivity index (χ3n) is 2.83. The Balaban J connectivity index is 2.32. The standard InChI is InChI=1S/C12H16N2O3/c1-7-5-8(2)13-11(10(7)12(15)16)14-9-3-4-17-6-9/h5,9H,3-4,6H2,1-2H3,(H,13,14)(H,15,16). The molecule has 5 nitrogen and oxygen atoms in total. The number of anilines is 1. The fraction of sp³-hybridized carbons (Fsp3) is 0.500. The van der Waals surface area contributed by atoms with Gasteiger partial charge in [-0.1, -0.05) is 0 Å². The first-order valence-electron chi connectivity index (χ1n) is 5.63. The number of ether oxygens (including phenoxy) is 1. The number of rotatable bonds is 3. The first kappa shape index (κ1) is 11.9. The highest BCUT2D eigenvalue weighted by molar-refractivity contribution is 5.94. The molecule has 2 N–H and O–H groups in total. The summed E-state index contributed by atoms with van der Waals surface area (Å²) in [5, 5.41) is 12.4. The van der Waals surface area contributed by atoms with E-state index in [1.807, 2.05) is 6.92 Å². The molecule has 1 unspecified atom stereocenters. The van der Waals surface area contributed by atoms with Crippen molar-refractivity contribution >= 4 is 11.8 Å². The Bertz CT molecular complexity index is 440. The molecule has 0 aromatic carbocycles. The maximum Gasteiger partial charge on any atom is 0.339 e. The van der Waals surface area contributed by atoms with Gasteiger partial charge in [-0.15, -0.1) is 0 Å². The maximum absolute atomic E-state index is 11.2. The van der Waals surface area contributed by atoms with Gasteiger partial charge in [0.15, 0.2) is 0 Å². The van der Waals surface area contributed by atoms with Gasteiger partial charge >= 0.3 is 5.97 Å². The van der Waals surface area contributed by atoms with Gasteiger partial charge in [-0.2, -0.15) is 0 Å². The van der Waals surface area contributed by atoms with Crippen LogP contribution in [-0.4, -0.2) is 35.3 Å². The van der Waals surface area contributed by atoms with Crippen molar-refractivity contribution in [3.05, 3.63) is 22.9 Å². The molecule has 1 aliphatic rings. The first-order valence-corrected chi connectivity index (χ1v) is 5.63. The lowest BCUT2D eigenvalue weighted by atomic mass is 10.1. The van der Waals surface area contributed by atoms with Crippen LogP contribution in [0.2, 0.25) is 0 Å². The van der Waals surface area contributed by atoms with E-state index in [9.17, 15) is 9.90 Å². The smallest absolute Gasteiger partial charge is 0.339 e. The molecule has 0 amide bonds. The summed E-state index contributed by atoms with van der Waals surface area (Å²) in [6, 6.07) is 1.93. The zero-order chi connectivity index (χ0) is 12.4. The van der Waals surface area contributed by atoms with E-state index in [0.29, 0.717) is 19.0 Å². The number of nitrogens with one attached hydrogen (secondary N) is 1. The molecule has 17 heavy (non-hydrogen) atoms. The van der Waals surface area contributed by atoms with Gasteiger partial charge in [-0.05, 0) is 31.9 Å². The van der Waals surface area contributed by atoms with Gasteiger partial charge in [-0.25, -0.2) is 9.78 Å². The third kappa shape index (κ3) is 2.55. The molecular formula is C12H16N2O3. The van der Waals surface area contributed by atoms with Crippen molar-refractivity contribution in [2.75, 3.05) is 18.5 Å². The molecule has 0 aliphatic carbocycles. The number of aromatic carboxylic acids is 1. The molecule has 1 atom stereocenters. The minimum absolute atomic E-state index is 0.154. The number of aryl methyl sites for hydroxylation is 2. The minimum atomic E-state index is -0.948. The number of carbonyl (C=O) groups is 1. The van der Waals surface area contributed by atoms with Crippen LogP contribution >= 0.6 is 0 Å². The molecule has 5 heteroatoms. The summed E-state index contributed by atoms with van der Waals surface area (Å²) >= 11 is 0. The van der Waals surface area contributed by atoms with Gasteiger partial charge in [0.05, 0.1) is 12.6 Å². The summed E-state index contributed by atoms with van der Waals surface area (Å²) in [7, 11) is 0. The molecule has 92 valence electrons. The average Bonchev–Trinajstić information content (AvgIpc) is 2.68. The van der Waals surface area contributed by atoms with Crippen molar-refractivity contribution in [1.82, 2.24) is 4.98 Å². The van der Waals surface area contributed by atoms with Crippen LogP contribution < -0.4 is 5.32 Å². The number of carboxylic acid groups (broad SMARTS) is 1. The lowest BCUT2D eigenvalue weighted by Gasteiger charge is -2.15. The van der Waals surface area contributed by atoms with Crippen molar-refractivity contribution in [3.63, 3.8) is 0 Å². The Hall–Kier alpha value is -1.62. The van der Waals surface area contributed by atoms with Crippen LogP contribution in [0.1, 0.15) is 28.0 Å². The number of hydrogen-bond donors (Lipinski definition) is 2. The number of carboxylic acids is 1. The summed E-state index contributed by atoms with van der Waals surface area (Å²) in [6.45, 7) is 4.96. The Labute approximate surface area is 99.8 Å². The fourth-order valence-electron chi connectivity index (χ4n) is 2.05. The first-order chi connectivity index (χ1) is 8.08. The highest BCUT2D eigenvalue weighted by Gasteiger charge is 2.21. The largest absolute Gasteiger partial charge is 0.478 e. The molecule has 1 aromatic heterocycles. The molecule has 2 rings (SSSR count). The summed E-state index contributed by atoms with van der Waals surface area (Å²) < 4.78 is 5.25. The van der Waals surface area contributed by atoms with E-state index in [4.69, 9.17) is 4.74 Å². The van der Waals surface area contributed by atoms with E-state index in [2.05, 4.69) is 10.3 Å². The molecule has 1 aromatic rings. The quantitative estimate of drug-likeness (QED) is 0.834. The van der Waals surface area contributed by atoms with Gasteiger partial charge < -0.3 is 15.2 Å². The molecule has 1 fully saturated rings. The van der Waals surface area contributed by atoms with Crippen LogP contribution in [-0.2, 0) is 4.74 Å². The Kier molecular flexibility index (Phi) is 3.28. The van der Waals surface area contributed by atoms with Gasteiger partial charge in [-0.3, -0.25) is 0 Å². The zero-order valence-electron chi connectivity index (χ0n) is 9.99. The van der Waals surface area contributed by atoms with Crippen LogP contribution in [0.15, 0.2) is 6.07 Å². The van der Waals surface area contributed by atoms with Gasteiger partial charge in [0.1, 0.15) is 11.4 Å². The molecule has 1 aliphatic heterocycles. The average molecular weight is 236 g/mol. The van der Waals surface area contributed by atoms with Gasteiger partial charge in [0.25, 0.3) is 0 Å². The topological polar surface area (TPSA) is 71.5 Å². The Morgan fingerprint density at radius 3 is 2.94 bits per heavy atom. The fourth-order valence-corrected chi connectivity index (χ4v) is 2.05. The maximum atomic E-state index is 11.2. The van der Waals surface area contributed by atoms with E-state index in [1.165, 1.54) is 0 Å². The predicted molar refractivity (Wildman–Crippen MR) is 63.5 cm³/mol. The number of aromatic nitrogens is 1. The van der Waals surface area contributed by atoms with Crippen molar-refractivity contribution in [1.29, 1.82) is 0 Å². The molecule has 0 radical (unpaired) electrons.